The number of phenols is 1. The molecule has 0 bridgehead atoms. The van der Waals surface area contributed by atoms with E-state index in [2.05, 4.69) is 44.5 Å². The van der Waals surface area contributed by atoms with Crippen LogP contribution in [0, 0.1) is 0 Å². The van der Waals surface area contributed by atoms with Crippen LogP contribution >= 0.6 is 0 Å². The van der Waals surface area contributed by atoms with E-state index in [4.69, 9.17) is 13.9 Å². The first-order valence-corrected chi connectivity index (χ1v) is 12.9. The van der Waals surface area contributed by atoms with Crippen molar-refractivity contribution in [3.8, 4) is 23.0 Å². The third-order valence-corrected chi connectivity index (χ3v) is 9.73. The third kappa shape index (κ3) is 5.11. The molecular weight excluding hydrogens is 416 g/mol. The van der Waals surface area contributed by atoms with Crippen molar-refractivity contribution in [3.63, 3.8) is 0 Å². The van der Waals surface area contributed by atoms with Crippen LogP contribution in [0.2, 0.25) is 18.1 Å². The molecule has 2 aromatic carbocycles. The highest BCUT2D eigenvalue weighted by atomic mass is 28.4. The molecular formula is C22H28N2O6Si. The summed E-state index contributed by atoms with van der Waals surface area (Å²) >= 11 is 0. The zero-order chi connectivity index (χ0) is 22.8. The lowest BCUT2D eigenvalue weighted by molar-refractivity contribution is -0.119. The molecule has 0 aromatic heterocycles. The van der Waals surface area contributed by atoms with Gasteiger partial charge in [0.15, 0.2) is 30.5 Å². The second-order valence-electron chi connectivity index (χ2n) is 8.82. The molecule has 0 saturated heterocycles. The van der Waals surface area contributed by atoms with Gasteiger partial charge >= 0.3 is 0 Å². The first kappa shape index (κ1) is 22.5. The van der Waals surface area contributed by atoms with Gasteiger partial charge in [-0.1, -0.05) is 32.9 Å². The summed E-state index contributed by atoms with van der Waals surface area (Å²) in [5.74, 6) is 1.44. The lowest BCUT2D eigenvalue weighted by Crippen LogP contribution is -2.44. The van der Waals surface area contributed by atoms with Crippen LogP contribution in [-0.2, 0) is 9.59 Å². The highest BCUT2D eigenvalue weighted by Gasteiger charge is 2.40. The van der Waals surface area contributed by atoms with Crippen LogP contribution in [0.25, 0.3) is 0 Å². The van der Waals surface area contributed by atoms with Gasteiger partial charge in [-0.05, 0) is 42.4 Å². The molecule has 2 amide bonds. The fourth-order valence-electron chi connectivity index (χ4n) is 2.69. The van der Waals surface area contributed by atoms with E-state index in [1.165, 1.54) is 6.07 Å². The Hall–Kier alpha value is -3.20. The van der Waals surface area contributed by atoms with E-state index in [-0.39, 0.29) is 35.8 Å². The molecule has 0 radical (unpaired) electrons. The number of fused-ring (bicyclic) bond motifs is 2. The largest absolute Gasteiger partial charge is 0.541 e. The Morgan fingerprint density at radius 3 is 2.00 bits per heavy atom. The molecule has 9 heteroatoms. The van der Waals surface area contributed by atoms with E-state index in [0.717, 1.165) is 5.75 Å². The van der Waals surface area contributed by atoms with Gasteiger partial charge in [-0.25, -0.2) is 0 Å². The average Bonchev–Trinajstić information content (AvgIpc) is 2.67. The Labute approximate surface area is 182 Å². The first-order valence-electron chi connectivity index (χ1n) is 9.97. The predicted molar refractivity (Wildman–Crippen MR) is 121 cm³/mol. The van der Waals surface area contributed by atoms with Gasteiger partial charge in [0, 0.05) is 0 Å². The van der Waals surface area contributed by atoms with E-state index in [1.807, 2.05) is 18.2 Å². The lowest BCUT2D eigenvalue weighted by Gasteiger charge is -2.37. The summed E-state index contributed by atoms with van der Waals surface area (Å²) in [6.07, 6.45) is 0. The van der Waals surface area contributed by atoms with Crippen molar-refractivity contribution in [2.45, 2.75) is 38.9 Å². The van der Waals surface area contributed by atoms with Gasteiger partial charge in [0.1, 0.15) is 5.75 Å². The minimum absolute atomic E-state index is 0.0371. The summed E-state index contributed by atoms with van der Waals surface area (Å²) in [4.78, 5) is 22.1. The molecule has 0 atom stereocenters. The van der Waals surface area contributed by atoms with Crippen LogP contribution < -0.4 is 24.5 Å². The maximum atomic E-state index is 11.3. The number of carbonyl (C=O) groups is 2. The molecule has 0 fully saturated rings. The Morgan fingerprint density at radius 2 is 1.42 bits per heavy atom. The highest BCUT2D eigenvalue weighted by Crippen LogP contribution is 2.43. The number of benzene rings is 2. The van der Waals surface area contributed by atoms with Crippen molar-refractivity contribution in [2.24, 2.45) is 0 Å². The lowest BCUT2D eigenvalue weighted by atomic mass is 10.2. The highest BCUT2D eigenvalue weighted by molar-refractivity contribution is 6.74. The molecule has 2 aromatic rings. The number of amides is 2. The zero-order valence-corrected chi connectivity index (χ0v) is 19.4. The maximum absolute atomic E-state index is 11.3. The quantitative estimate of drug-likeness (QED) is 0.602. The van der Waals surface area contributed by atoms with Crippen molar-refractivity contribution < 1.29 is 28.6 Å². The van der Waals surface area contributed by atoms with Crippen LogP contribution in [0.3, 0.4) is 0 Å². The number of rotatable bonds is 2. The monoisotopic (exact) mass is 444 g/mol. The topological polar surface area (TPSA) is 106 Å². The van der Waals surface area contributed by atoms with Gasteiger partial charge in [0.2, 0.25) is 0 Å². The Morgan fingerprint density at radius 1 is 0.903 bits per heavy atom. The molecule has 8 nitrogen and oxygen atoms in total. The predicted octanol–water partition coefficient (Wildman–Crippen LogP) is 4.12. The number of hydrogen-bond acceptors (Lipinski definition) is 6. The van der Waals surface area contributed by atoms with Gasteiger partial charge in [-0.3, -0.25) is 9.59 Å². The van der Waals surface area contributed by atoms with E-state index < -0.39 is 8.32 Å². The van der Waals surface area contributed by atoms with Crippen molar-refractivity contribution in [1.82, 2.24) is 0 Å². The number of aromatic hydroxyl groups is 1. The Kier molecular flexibility index (Phi) is 6.17. The molecule has 2 aliphatic heterocycles. The van der Waals surface area contributed by atoms with Crippen molar-refractivity contribution in [3.05, 3.63) is 36.4 Å². The summed E-state index contributed by atoms with van der Waals surface area (Å²) in [6.45, 7) is 11.0. The average molecular weight is 445 g/mol. The molecule has 4 rings (SSSR count). The van der Waals surface area contributed by atoms with Crippen LogP contribution in [0.15, 0.2) is 36.4 Å². The van der Waals surface area contributed by atoms with E-state index in [1.54, 1.807) is 12.1 Å². The summed E-state index contributed by atoms with van der Waals surface area (Å²) in [7, 11) is -1.91. The summed E-state index contributed by atoms with van der Waals surface area (Å²) in [5.41, 5.74) is 1.21. The number of ether oxygens (including phenoxy) is 2. The van der Waals surface area contributed by atoms with Gasteiger partial charge in [0.05, 0.1) is 11.4 Å². The summed E-state index contributed by atoms with van der Waals surface area (Å²) in [6, 6.07) is 10.4. The smallest absolute Gasteiger partial charge is 0.262 e. The second kappa shape index (κ2) is 8.50. The summed E-state index contributed by atoms with van der Waals surface area (Å²) in [5, 5.41) is 14.8. The number of nitrogens with one attached hydrogen (secondary N) is 2. The molecule has 0 aliphatic carbocycles. The Bertz CT molecular complexity index is 1000. The minimum atomic E-state index is -1.91. The SMILES string of the molecule is CC(C)(C)[Si](C)(C)Oc1cccc2c1OCC(=O)N2.O=C1COc2c(O)cccc2N1. The van der Waals surface area contributed by atoms with E-state index in [0.29, 0.717) is 22.9 Å². The van der Waals surface area contributed by atoms with E-state index >= 15 is 0 Å². The van der Waals surface area contributed by atoms with Crippen LogP contribution in [0.4, 0.5) is 11.4 Å². The van der Waals surface area contributed by atoms with Gasteiger partial charge in [0.25, 0.3) is 20.1 Å². The van der Waals surface area contributed by atoms with Crippen molar-refractivity contribution >= 4 is 31.5 Å². The molecule has 0 unspecified atom stereocenters. The van der Waals surface area contributed by atoms with Crippen LogP contribution in [-0.4, -0.2) is 38.5 Å². The van der Waals surface area contributed by atoms with Gasteiger partial charge in [-0.15, -0.1) is 0 Å². The number of para-hydroxylation sites is 2. The third-order valence-electron chi connectivity index (χ3n) is 5.39. The van der Waals surface area contributed by atoms with Crippen molar-refractivity contribution in [2.75, 3.05) is 23.8 Å². The molecule has 0 spiro atoms. The molecule has 2 aliphatic rings. The number of hydrogen-bond donors (Lipinski definition) is 3. The number of anilines is 2. The molecule has 2 heterocycles. The number of carbonyl (C=O) groups excluding carboxylic acids is 2. The normalized spacial score (nSPS) is 15.0. The standard InChI is InChI=1S/C14H21NO3Si.C8H7NO3/c1-14(2,3)19(4,5)18-11-8-6-7-10-13(11)17-9-12(16)15-10;10-6-3-1-2-5-8(6)12-4-7(11)9-5/h6-8H,9H2,1-5H3,(H,15,16);1-3,10H,4H2,(H,9,11). The van der Waals surface area contributed by atoms with Crippen LogP contribution in [0.5, 0.6) is 23.0 Å². The van der Waals surface area contributed by atoms with Crippen molar-refractivity contribution in [1.29, 1.82) is 0 Å². The summed E-state index contributed by atoms with van der Waals surface area (Å²) < 4.78 is 16.8. The molecule has 3 N–H and O–H groups in total. The zero-order valence-electron chi connectivity index (χ0n) is 18.4. The fourth-order valence-corrected chi connectivity index (χ4v) is 3.71. The van der Waals surface area contributed by atoms with Gasteiger partial charge in [-0.2, -0.15) is 0 Å². The molecule has 0 saturated carbocycles. The molecule has 31 heavy (non-hydrogen) atoms. The Balaban J connectivity index is 0.000000194. The van der Waals surface area contributed by atoms with Crippen LogP contribution in [0.1, 0.15) is 20.8 Å². The van der Waals surface area contributed by atoms with Gasteiger partial charge < -0.3 is 29.6 Å². The van der Waals surface area contributed by atoms with E-state index in [9.17, 15) is 14.7 Å². The fraction of sp³-hybridized carbons (Fsp3) is 0.364. The second-order valence-corrected chi connectivity index (χ2v) is 13.5. The molecule has 166 valence electrons. The maximum Gasteiger partial charge on any atom is 0.262 e. The first-order chi connectivity index (χ1) is 14.5. The minimum Gasteiger partial charge on any atom is -0.541 e. The number of phenolic OH excluding ortho intramolecular Hbond substituents is 1.